The van der Waals surface area contributed by atoms with Crippen LogP contribution in [0.3, 0.4) is 0 Å². The summed E-state index contributed by atoms with van der Waals surface area (Å²) < 4.78 is 6.33. The number of carbonyl (C=O) groups is 1. The molecule has 6 heteroatoms. The van der Waals surface area contributed by atoms with E-state index < -0.39 is 0 Å². The predicted octanol–water partition coefficient (Wildman–Crippen LogP) is 3.52. The molecule has 0 radical (unpaired) electrons. The number of likely N-dealkylation sites (tertiary alicyclic amines) is 1. The maximum Gasteiger partial charge on any atom is 0.253 e. The van der Waals surface area contributed by atoms with E-state index in [2.05, 4.69) is 27.5 Å². The number of hydrogen-bond acceptors (Lipinski definition) is 3. The Balaban J connectivity index is 1.45. The number of nitrogens with zero attached hydrogens (tertiary/aromatic N) is 2. The number of ether oxygens (including phenoxy) is 1. The van der Waals surface area contributed by atoms with Gasteiger partial charge >= 0.3 is 0 Å². The number of benzene rings is 1. The molecule has 4 nitrogen and oxygen atoms in total. The topological polar surface area (TPSA) is 32.8 Å². The Bertz CT molecular complexity index is 570. The fourth-order valence-electron chi connectivity index (χ4n) is 3.43. The molecule has 2 fully saturated rings. The van der Waals surface area contributed by atoms with Crippen LogP contribution in [-0.2, 0) is 4.74 Å². The van der Waals surface area contributed by atoms with E-state index in [4.69, 9.17) is 16.3 Å². The van der Waals surface area contributed by atoms with E-state index in [0.29, 0.717) is 5.02 Å². The molecule has 0 unspecified atom stereocenters. The SMILES string of the molecule is O=C(c1ccc(Cl)c(I)c1)N1CCC(CCN2CCOCC2)CC1. The molecule has 2 saturated heterocycles. The van der Waals surface area contributed by atoms with Crippen LogP contribution >= 0.6 is 34.2 Å². The van der Waals surface area contributed by atoms with E-state index in [1.165, 1.54) is 6.42 Å². The third-order valence-electron chi connectivity index (χ3n) is 5.03. The smallest absolute Gasteiger partial charge is 0.253 e. The van der Waals surface area contributed by atoms with Crippen molar-refractivity contribution in [3.8, 4) is 0 Å². The Kier molecular flexibility index (Phi) is 6.78. The highest BCUT2D eigenvalue weighted by atomic mass is 127. The summed E-state index contributed by atoms with van der Waals surface area (Å²) in [7, 11) is 0. The molecule has 132 valence electrons. The van der Waals surface area contributed by atoms with Crippen LogP contribution in [0.25, 0.3) is 0 Å². The van der Waals surface area contributed by atoms with Crippen molar-refractivity contribution >= 4 is 40.1 Å². The second-order valence-corrected chi connectivity index (χ2v) is 8.18. The molecule has 0 atom stereocenters. The summed E-state index contributed by atoms with van der Waals surface area (Å²) in [5.41, 5.74) is 0.746. The highest BCUT2D eigenvalue weighted by molar-refractivity contribution is 14.1. The van der Waals surface area contributed by atoms with Gasteiger partial charge in [0.15, 0.2) is 0 Å². The highest BCUT2D eigenvalue weighted by Crippen LogP contribution is 2.24. The minimum absolute atomic E-state index is 0.135. The summed E-state index contributed by atoms with van der Waals surface area (Å²) in [4.78, 5) is 17.1. The third kappa shape index (κ3) is 4.84. The van der Waals surface area contributed by atoms with Crippen LogP contribution in [0.1, 0.15) is 29.6 Å². The molecule has 1 amide bonds. The monoisotopic (exact) mass is 462 g/mol. The van der Waals surface area contributed by atoms with Gasteiger partial charge in [-0.2, -0.15) is 0 Å². The number of piperidine rings is 1. The van der Waals surface area contributed by atoms with Gasteiger partial charge in [-0.3, -0.25) is 9.69 Å². The first-order valence-corrected chi connectivity index (χ1v) is 10.1. The second kappa shape index (κ2) is 8.83. The Morgan fingerprint density at radius 3 is 2.58 bits per heavy atom. The molecule has 1 aromatic carbocycles. The molecule has 2 aliphatic heterocycles. The van der Waals surface area contributed by atoms with Gasteiger partial charge in [0.25, 0.3) is 5.91 Å². The van der Waals surface area contributed by atoms with E-state index in [0.717, 1.165) is 73.8 Å². The van der Waals surface area contributed by atoms with E-state index in [1.54, 1.807) is 0 Å². The minimum atomic E-state index is 0.135. The molecule has 3 rings (SSSR count). The molecule has 0 aromatic heterocycles. The van der Waals surface area contributed by atoms with Gasteiger partial charge in [-0.25, -0.2) is 0 Å². The number of hydrogen-bond donors (Lipinski definition) is 0. The van der Waals surface area contributed by atoms with Crippen molar-refractivity contribution in [2.45, 2.75) is 19.3 Å². The lowest BCUT2D eigenvalue weighted by molar-refractivity contribution is 0.0332. The van der Waals surface area contributed by atoms with Crippen molar-refractivity contribution in [3.05, 3.63) is 32.4 Å². The molecule has 0 saturated carbocycles. The van der Waals surface area contributed by atoms with Gasteiger partial charge in [0.1, 0.15) is 0 Å². The highest BCUT2D eigenvalue weighted by Gasteiger charge is 2.24. The van der Waals surface area contributed by atoms with Crippen molar-refractivity contribution in [3.63, 3.8) is 0 Å². The van der Waals surface area contributed by atoms with Gasteiger partial charge in [0, 0.05) is 35.3 Å². The number of halogens is 2. The molecular weight excluding hydrogens is 439 g/mol. The second-order valence-electron chi connectivity index (χ2n) is 6.61. The van der Waals surface area contributed by atoms with Crippen molar-refractivity contribution in [1.29, 1.82) is 0 Å². The lowest BCUT2D eigenvalue weighted by Gasteiger charge is -2.34. The molecule has 24 heavy (non-hydrogen) atoms. The molecular formula is C18H24ClIN2O2. The molecule has 0 N–H and O–H groups in total. The third-order valence-corrected chi connectivity index (χ3v) is 6.57. The van der Waals surface area contributed by atoms with Crippen molar-refractivity contribution in [2.75, 3.05) is 45.9 Å². The average Bonchev–Trinajstić information content (AvgIpc) is 2.63. The van der Waals surface area contributed by atoms with Crippen LogP contribution in [0.5, 0.6) is 0 Å². The van der Waals surface area contributed by atoms with Crippen LogP contribution in [-0.4, -0.2) is 61.6 Å². The van der Waals surface area contributed by atoms with Gasteiger partial charge in [0.2, 0.25) is 0 Å². The molecule has 2 heterocycles. The summed E-state index contributed by atoms with van der Waals surface area (Å²) in [6.45, 7) is 6.76. The summed E-state index contributed by atoms with van der Waals surface area (Å²) in [5, 5.41) is 0.703. The number of amides is 1. The van der Waals surface area contributed by atoms with Gasteiger partial charge in [-0.1, -0.05) is 11.6 Å². The summed E-state index contributed by atoms with van der Waals surface area (Å²) in [6, 6.07) is 5.53. The van der Waals surface area contributed by atoms with E-state index in [1.807, 2.05) is 23.1 Å². The summed E-state index contributed by atoms with van der Waals surface area (Å²) in [5.74, 6) is 0.874. The predicted molar refractivity (Wildman–Crippen MR) is 105 cm³/mol. The fraction of sp³-hybridized carbons (Fsp3) is 0.611. The van der Waals surface area contributed by atoms with Crippen LogP contribution in [0, 0.1) is 9.49 Å². The van der Waals surface area contributed by atoms with Gasteiger partial charge in [-0.15, -0.1) is 0 Å². The normalized spacial score (nSPS) is 20.3. The Morgan fingerprint density at radius 2 is 1.92 bits per heavy atom. The van der Waals surface area contributed by atoms with Crippen LogP contribution in [0.2, 0.25) is 5.02 Å². The number of carbonyl (C=O) groups excluding carboxylic acids is 1. The van der Waals surface area contributed by atoms with E-state index >= 15 is 0 Å². The number of morpholine rings is 1. The van der Waals surface area contributed by atoms with Crippen LogP contribution in [0.4, 0.5) is 0 Å². The lowest BCUT2D eigenvalue weighted by atomic mass is 9.93. The van der Waals surface area contributed by atoms with Crippen molar-refractivity contribution < 1.29 is 9.53 Å². The zero-order valence-electron chi connectivity index (χ0n) is 13.8. The molecule has 0 spiro atoms. The number of rotatable bonds is 4. The first kappa shape index (κ1) is 18.4. The van der Waals surface area contributed by atoms with Crippen LogP contribution in [0.15, 0.2) is 18.2 Å². The van der Waals surface area contributed by atoms with Crippen molar-refractivity contribution in [2.24, 2.45) is 5.92 Å². The zero-order chi connectivity index (χ0) is 16.9. The lowest BCUT2D eigenvalue weighted by Crippen LogP contribution is -2.40. The Morgan fingerprint density at radius 1 is 1.21 bits per heavy atom. The fourth-order valence-corrected chi connectivity index (χ4v) is 4.06. The first-order valence-electron chi connectivity index (χ1n) is 8.68. The average molecular weight is 463 g/mol. The minimum Gasteiger partial charge on any atom is -0.379 e. The van der Waals surface area contributed by atoms with Gasteiger partial charge in [0.05, 0.1) is 18.2 Å². The Hall–Kier alpha value is -0.370. The zero-order valence-corrected chi connectivity index (χ0v) is 16.8. The molecule has 2 aliphatic rings. The van der Waals surface area contributed by atoms with Gasteiger partial charge in [-0.05, 0) is 72.5 Å². The summed E-state index contributed by atoms with van der Waals surface area (Å²) in [6.07, 6.45) is 3.46. The largest absolute Gasteiger partial charge is 0.379 e. The van der Waals surface area contributed by atoms with E-state index in [-0.39, 0.29) is 5.91 Å². The first-order chi connectivity index (χ1) is 11.6. The molecule has 1 aromatic rings. The summed E-state index contributed by atoms with van der Waals surface area (Å²) >= 11 is 8.22. The molecule has 0 aliphatic carbocycles. The Labute approximate surface area is 162 Å². The maximum atomic E-state index is 12.6. The quantitative estimate of drug-likeness (QED) is 0.642. The standard InChI is InChI=1S/C18H24ClIN2O2/c19-16-2-1-15(13-17(16)20)18(23)22-7-4-14(5-8-22)3-6-21-9-11-24-12-10-21/h1-2,13-14H,3-12H2. The van der Waals surface area contributed by atoms with Crippen LogP contribution < -0.4 is 0 Å². The maximum absolute atomic E-state index is 12.6. The van der Waals surface area contributed by atoms with Crippen molar-refractivity contribution in [1.82, 2.24) is 9.80 Å². The van der Waals surface area contributed by atoms with Gasteiger partial charge < -0.3 is 9.64 Å². The van der Waals surface area contributed by atoms with E-state index in [9.17, 15) is 4.79 Å². The molecule has 0 bridgehead atoms.